The van der Waals surface area contributed by atoms with Crippen LogP contribution < -0.4 is 0 Å². The fourth-order valence-corrected chi connectivity index (χ4v) is 2.97. The van der Waals surface area contributed by atoms with E-state index in [1.165, 1.54) is 13.2 Å². The van der Waals surface area contributed by atoms with Crippen molar-refractivity contribution in [3.05, 3.63) is 34.1 Å². The molecule has 1 saturated carbocycles. The summed E-state index contributed by atoms with van der Waals surface area (Å²) in [5.74, 6) is -0.382. The lowest BCUT2D eigenvalue weighted by atomic mass is 9.87. The lowest BCUT2D eigenvalue weighted by molar-refractivity contribution is 0.181. The van der Waals surface area contributed by atoms with Gasteiger partial charge in [0.2, 0.25) is 6.08 Å². The van der Waals surface area contributed by atoms with Gasteiger partial charge in [-0.3, -0.25) is 0 Å². The third-order valence-corrected chi connectivity index (χ3v) is 3.82. The second-order valence-electron chi connectivity index (χ2n) is 4.80. The number of methoxy groups -OCH3 is 1. The van der Waals surface area contributed by atoms with Gasteiger partial charge in [0.05, 0.1) is 6.61 Å². The molecule has 0 spiro atoms. The zero-order valence-electron chi connectivity index (χ0n) is 10.7. The van der Waals surface area contributed by atoms with Crippen LogP contribution in [-0.4, -0.2) is 13.2 Å². The Balaban J connectivity index is 2.56. The first-order valence-corrected chi connectivity index (χ1v) is 6.57. The van der Waals surface area contributed by atoms with Crippen molar-refractivity contribution in [3.63, 3.8) is 0 Å². The lowest BCUT2D eigenvalue weighted by Crippen LogP contribution is -2.21. The number of aliphatic imine (C=N–C) groups is 1. The van der Waals surface area contributed by atoms with Crippen molar-refractivity contribution in [2.45, 2.75) is 37.8 Å². The van der Waals surface area contributed by atoms with Gasteiger partial charge in [0, 0.05) is 23.3 Å². The molecule has 0 saturated heterocycles. The number of benzene rings is 1. The summed E-state index contributed by atoms with van der Waals surface area (Å²) < 4.78 is 19.5. The van der Waals surface area contributed by atoms with Crippen LogP contribution in [-0.2, 0) is 21.7 Å². The normalized spacial score (nSPS) is 17.2. The van der Waals surface area contributed by atoms with Crippen molar-refractivity contribution in [1.82, 2.24) is 0 Å². The van der Waals surface area contributed by atoms with Gasteiger partial charge in [0.25, 0.3) is 0 Å². The number of ether oxygens (including phenoxy) is 1. The molecule has 0 radical (unpaired) electrons. The van der Waals surface area contributed by atoms with Gasteiger partial charge >= 0.3 is 0 Å². The summed E-state index contributed by atoms with van der Waals surface area (Å²) in [6, 6.07) is 3.10. The van der Waals surface area contributed by atoms with Crippen LogP contribution in [0.15, 0.2) is 17.1 Å². The highest BCUT2D eigenvalue weighted by atomic mass is 35.5. The zero-order chi connectivity index (χ0) is 13.9. The van der Waals surface area contributed by atoms with E-state index >= 15 is 0 Å². The first-order chi connectivity index (χ1) is 9.13. The van der Waals surface area contributed by atoms with Crippen LogP contribution in [0.4, 0.5) is 4.39 Å². The van der Waals surface area contributed by atoms with Crippen LogP contribution in [0.2, 0.25) is 5.02 Å². The summed E-state index contributed by atoms with van der Waals surface area (Å²) >= 11 is 6.04. The molecule has 1 aromatic rings. The zero-order valence-corrected chi connectivity index (χ0v) is 11.5. The van der Waals surface area contributed by atoms with Crippen molar-refractivity contribution in [2.24, 2.45) is 4.99 Å². The number of rotatable bonds is 4. The van der Waals surface area contributed by atoms with E-state index in [-0.39, 0.29) is 12.4 Å². The maximum absolute atomic E-state index is 14.5. The molecule has 1 aromatic carbocycles. The topological polar surface area (TPSA) is 38.7 Å². The molecule has 3 nitrogen and oxygen atoms in total. The van der Waals surface area contributed by atoms with E-state index in [1.54, 1.807) is 12.1 Å². The third kappa shape index (κ3) is 2.71. The molecule has 1 aliphatic rings. The summed E-state index contributed by atoms with van der Waals surface area (Å²) in [6.45, 7) is 0.139. The second kappa shape index (κ2) is 5.83. The SMILES string of the molecule is COCc1cc(Cl)cc(C2(N=C=O)CCCC2)c1F. The van der Waals surface area contributed by atoms with Crippen LogP contribution in [0.3, 0.4) is 0 Å². The quantitative estimate of drug-likeness (QED) is 0.624. The summed E-state index contributed by atoms with van der Waals surface area (Å²) in [6.07, 6.45) is 4.70. The van der Waals surface area contributed by atoms with Gasteiger partial charge in [-0.1, -0.05) is 24.4 Å². The Morgan fingerprint density at radius 1 is 1.47 bits per heavy atom. The highest BCUT2D eigenvalue weighted by Gasteiger charge is 2.38. The molecular weight excluding hydrogens is 269 g/mol. The molecule has 0 aliphatic heterocycles. The number of hydrogen-bond donors (Lipinski definition) is 0. The van der Waals surface area contributed by atoms with E-state index in [0.717, 1.165) is 12.8 Å². The van der Waals surface area contributed by atoms with Crippen LogP contribution in [0.25, 0.3) is 0 Å². The third-order valence-electron chi connectivity index (χ3n) is 3.60. The smallest absolute Gasteiger partial charge is 0.235 e. The van der Waals surface area contributed by atoms with Gasteiger partial charge in [-0.05, 0) is 25.0 Å². The van der Waals surface area contributed by atoms with Crippen LogP contribution >= 0.6 is 11.6 Å². The molecule has 0 bridgehead atoms. The molecule has 2 rings (SSSR count). The molecule has 5 heteroatoms. The fraction of sp³-hybridized carbons (Fsp3) is 0.500. The van der Waals surface area contributed by atoms with Crippen molar-refractivity contribution >= 4 is 17.7 Å². The predicted molar refractivity (Wildman–Crippen MR) is 70.4 cm³/mol. The first kappa shape index (κ1) is 14.2. The van der Waals surface area contributed by atoms with Gasteiger partial charge in [0.15, 0.2) is 0 Å². The van der Waals surface area contributed by atoms with Crippen molar-refractivity contribution < 1.29 is 13.9 Å². The van der Waals surface area contributed by atoms with Crippen LogP contribution in [0, 0.1) is 5.82 Å². The summed E-state index contributed by atoms with van der Waals surface area (Å²) in [5.41, 5.74) is -0.0376. The molecule has 1 fully saturated rings. The average molecular weight is 284 g/mol. The Morgan fingerprint density at radius 3 is 2.74 bits per heavy atom. The highest BCUT2D eigenvalue weighted by molar-refractivity contribution is 6.30. The Labute approximate surface area is 116 Å². The molecule has 102 valence electrons. The van der Waals surface area contributed by atoms with E-state index in [0.29, 0.717) is 29.0 Å². The number of isocyanates is 1. The molecule has 0 atom stereocenters. The summed E-state index contributed by atoms with van der Waals surface area (Å²) in [4.78, 5) is 14.6. The maximum Gasteiger partial charge on any atom is 0.235 e. The molecule has 0 amide bonds. The standard InChI is InChI=1S/C14H15ClFNO2/c1-19-8-10-6-11(15)7-12(13(10)16)14(17-9-18)4-2-3-5-14/h6-7H,2-5,8H2,1H3. The Hall–Kier alpha value is -1.22. The Morgan fingerprint density at radius 2 is 2.16 bits per heavy atom. The first-order valence-electron chi connectivity index (χ1n) is 6.19. The molecule has 0 N–H and O–H groups in total. The summed E-state index contributed by atoms with van der Waals surface area (Å²) in [7, 11) is 1.49. The van der Waals surface area contributed by atoms with Gasteiger partial charge < -0.3 is 4.74 Å². The minimum Gasteiger partial charge on any atom is -0.380 e. The highest BCUT2D eigenvalue weighted by Crippen LogP contribution is 2.44. The van der Waals surface area contributed by atoms with Gasteiger partial charge in [-0.2, -0.15) is 4.99 Å². The largest absolute Gasteiger partial charge is 0.380 e. The maximum atomic E-state index is 14.5. The minimum atomic E-state index is -0.806. The second-order valence-corrected chi connectivity index (χ2v) is 5.24. The van der Waals surface area contributed by atoms with Crippen molar-refractivity contribution in [2.75, 3.05) is 7.11 Å². The molecule has 0 unspecified atom stereocenters. The molecular formula is C14H15ClFNO2. The predicted octanol–water partition coefficient (Wildman–Crippen LogP) is 3.73. The monoisotopic (exact) mass is 283 g/mol. The Bertz CT molecular complexity index is 520. The van der Waals surface area contributed by atoms with E-state index in [4.69, 9.17) is 16.3 Å². The molecule has 1 aliphatic carbocycles. The van der Waals surface area contributed by atoms with E-state index in [2.05, 4.69) is 4.99 Å². The molecule has 19 heavy (non-hydrogen) atoms. The van der Waals surface area contributed by atoms with Gasteiger partial charge in [-0.25, -0.2) is 9.18 Å². The van der Waals surface area contributed by atoms with E-state index in [1.807, 2.05) is 0 Å². The van der Waals surface area contributed by atoms with E-state index in [9.17, 15) is 9.18 Å². The number of nitrogens with zero attached hydrogens (tertiary/aromatic N) is 1. The van der Waals surface area contributed by atoms with E-state index < -0.39 is 5.54 Å². The molecule has 0 heterocycles. The summed E-state index contributed by atoms with van der Waals surface area (Å²) in [5, 5.41) is 0.427. The lowest BCUT2D eigenvalue weighted by Gasteiger charge is -2.24. The van der Waals surface area contributed by atoms with Crippen LogP contribution in [0.5, 0.6) is 0 Å². The van der Waals surface area contributed by atoms with Crippen LogP contribution in [0.1, 0.15) is 36.8 Å². The minimum absolute atomic E-state index is 0.139. The number of halogens is 2. The molecule has 0 aromatic heterocycles. The van der Waals surface area contributed by atoms with Crippen molar-refractivity contribution in [1.29, 1.82) is 0 Å². The van der Waals surface area contributed by atoms with Gasteiger partial charge in [0.1, 0.15) is 11.4 Å². The Kier molecular flexibility index (Phi) is 4.35. The number of carbonyl (C=O) groups excluding carboxylic acids is 1. The van der Waals surface area contributed by atoms with Crippen molar-refractivity contribution in [3.8, 4) is 0 Å². The average Bonchev–Trinajstić information content (AvgIpc) is 2.84. The van der Waals surface area contributed by atoms with Gasteiger partial charge in [-0.15, -0.1) is 0 Å². The fourth-order valence-electron chi connectivity index (χ4n) is 2.73. The number of hydrogen-bond acceptors (Lipinski definition) is 3.